The maximum absolute atomic E-state index is 12.9. The standard InChI is InChI=1S/C21H29N3O2/c1-14(2)13-17-18(21(17,3)4)20(26)24-11-7-16(8-12-24)23-19(25)15-5-9-22-10-6-15/h5-6,9-10,13,16-18H,7-8,11-12H2,1-4H3,(H,23,25). The van der Waals surface area contributed by atoms with Gasteiger partial charge in [-0.15, -0.1) is 0 Å². The zero-order chi connectivity index (χ0) is 18.9. The van der Waals surface area contributed by atoms with E-state index in [9.17, 15) is 9.59 Å². The van der Waals surface area contributed by atoms with Crippen LogP contribution < -0.4 is 5.32 Å². The molecule has 2 heterocycles. The van der Waals surface area contributed by atoms with Gasteiger partial charge in [-0.1, -0.05) is 25.5 Å². The molecule has 1 aliphatic heterocycles. The van der Waals surface area contributed by atoms with Crippen molar-refractivity contribution in [1.29, 1.82) is 0 Å². The van der Waals surface area contributed by atoms with Crippen LogP contribution in [-0.2, 0) is 4.79 Å². The van der Waals surface area contributed by atoms with Gasteiger partial charge < -0.3 is 10.2 Å². The summed E-state index contributed by atoms with van der Waals surface area (Å²) in [5.74, 6) is 0.657. The molecule has 2 amide bonds. The molecule has 0 radical (unpaired) electrons. The monoisotopic (exact) mass is 355 g/mol. The normalized spacial score (nSPS) is 24.7. The fraction of sp³-hybridized carbons (Fsp3) is 0.571. The average Bonchev–Trinajstić information content (AvgIpc) is 3.15. The highest BCUT2D eigenvalue weighted by atomic mass is 16.2. The second-order valence-corrected chi connectivity index (χ2v) is 8.38. The predicted octanol–water partition coefficient (Wildman–Crippen LogP) is 3.04. The first kappa shape index (κ1) is 18.6. The molecular weight excluding hydrogens is 326 g/mol. The Bertz CT molecular complexity index is 699. The van der Waals surface area contributed by atoms with Crippen molar-refractivity contribution in [1.82, 2.24) is 15.2 Å². The lowest BCUT2D eigenvalue weighted by atomic mass is 10.0. The Morgan fingerprint density at radius 3 is 2.38 bits per heavy atom. The summed E-state index contributed by atoms with van der Waals surface area (Å²) >= 11 is 0. The second kappa shape index (κ2) is 7.22. The Hall–Kier alpha value is -2.17. The molecule has 0 spiro atoms. The van der Waals surface area contributed by atoms with E-state index in [4.69, 9.17) is 0 Å². The first-order valence-electron chi connectivity index (χ1n) is 9.45. The number of allylic oxidation sites excluding steroid dienone is 2. The number of nitrogens with one attached hydrogen (secondary N) is 1. The third-order valence-corrected chi connectivity index (χ3v) is 5.77. The van der Waals surface area contributed by atoms with Crippen LogP contribution in [0.3, 0.4) is 0 Å². The highest BCUT2D eigenvalue weighted by Crippen LogP contribution is 2.60. The highest BCUT2D eigenvalue weighted by molar-refractivity contribution is 5.94. The molecule has 2 fully saturated rings. The minimum Gasteiger partial charge on any atom is -0.349 e. The van der Waals surface area contributed by atoms with Crippen molar-refractivity contribution in [3.8, 4) is 0 Å². The largest absolute Gasteiger partial charge is 0.349 e. The number of hydrogen-bond acceptors (Lipinski definition) is 3. The smallest absolute Gasteiger partial charge is 0.251 e. The van der Waals surface area contributed by atoms with Crippen LogP contribution in [0.4, 0.5) is 0 Å². The molecule has 2 unspecified atom stereocenters. The minimum absolute atomic E-state index is 0.0563. The molecule has 5 nitrogen and oxygen atoms in total. The van der Waals surface area contributed by atoms with Crippen LogP contribution in [0.1, 0.15) is 50.9 Å². The summed E-state index contributed by atoms with van der Waals surface area (Å²) in [7, 11) is 0. The molecule has 1 aromatic rings. The lowest BCUT2D eigenvalue weighted by molar-refractivity contribution is -0.134. The highest BCUT2D eigenvalue weighted by Gasteiger charge is 2.61. The molecular formula is C21H29N3O2. The molecule has 1 saturated carbocycles. The van der Waals surface area contributed by atoms with Gasteiger partial charge in [-0.05, 0) is 50.2 Å². The number of piperidine rings is 1. The number of amides is 2. The van der Waals surface area contributed by atoms with Crippen molar-refractivity contribution in [3.63, 3.8) is 0 Å². The van der Waals surface area contributed by atoms with Crippen molar-refractivity contribution < 1.29 is 9.59 Å². The number of rotatable bonds is 4. The molecule has 26 heavy (non-hydrogen) atoms. The van der Waals surface area contributed by atoms with Gasteiger partial charge >= 0.3 is 0 Å². The zero-order valence-corrected chi connectivity index (χ0v) is 16.2. The van der Waals surface area contributed by atoms with Crippen molar-refractivity contribution in [2.45, 2.75) is 46.6 Å². The van der Waals surface area contributed by atoms with Crippen molar-refractivity contribution in [2.75, 3.05) is 13.1 Å². The van der Waals surface area contributed by atoms with Crippen LogP contribution in [0.2, 0.25) is 0 Å². The molecule has 2 aliphatic rings. The fourth-order valence-corrected chi connectivity index (χ4v) is 4.03. The summed E-state index contributed by atoms with van der Waals surface area (Å²) in [5, 5.41) is 3.08. The number of aromatic nitrogens is 1. The number of hydrogen-bond donors (Lipinski definition) is 1. The Balaban J connectivity index is 1.52. The van der Waals surface area contributed by atoms with Gasteiger partial charge in [0.15, 0.2) is 0 Å². The van der Waals surface area contributed by atoms with Gasteiger partial charge in [0, 0.05) is 37.1 Å². The van der Waals surface area contributed by atoms with Gasteiger partial charge in [0.05, 0.1) is 5.92 Å². The molecule has 1 saturated heterocycles. The molecule has 2 atom stereocenters. The van der Waals surface area contributed by atoms with E-state index in [1.807, 2.05) is 4.90 Å². The predicted molar refractivity (Wildman–Crippen MR) is 101 cm³/mol. The van der Waals surface area contributed by atoms with Crippen molar-refractivity contribution in [2.24, 2.45) is 17.3 Å². The summed E-state index contributed by atoms with van der Waals surface area (Å²) in [6.45, 7) is 9.98. The fourth-order valence-electron chi connectivity index (χ4n) is 4.03. The number of likely N-dealkylation sites (tertiary alicyclic amines) is 1. The summed E-state index contributed by atoms with van der Waals surface area (Å²) in [6.07, 6.45) is 7.10. The molecule has 140 valence electrons. The molecule has 1 aromatic heterocycles. The summed E-state index contributed by atoms with van der Waals surface area (Å²) in [5.41, 5.74) is 1.96. The topological polar surface area (TPSA) is 62.3 Å². The molecule has 3 rings (SSSR count). The molecule has 1 aliphatic carbocycles. The van der Waals surface area contributed by atoms with Gasteiger partial charge in [-0.2, -0.15) is 0 Å². The number of carbonyl (C=O) groups excluding carboxylic acids is 2. The maximum atomic E-state index is 12.9. The second-order valence-electron chi connectivity index (χ2n) is 8.38. The maximum Gasteiger partial charge on any atom is 0.251 e. The Morgan fingerprint density at radius 1 is 1.19 bits per heavy atom. The van der Waals surface area contributed by atoms with Gasteiger partial charge in [-0.3, -0.25) is 14.6 Å². The van der Waals surface area contributed by atoms with Crippen LogP contribution >= 0.6 is 0 Å². The van der Waals surface area contributed by atoms with E-state index in [2.05, 4.69) is 44.1 Å². The number of pyridine rings is 1. The Labute approximate surface area is 155 Å². The van der Waals surface area contributed by atoms with Crippen LogP contribution in [-0.4, -0.2) is 40.8 Å². The zero-order valence-electron chi connectivity index (χ0n) is 16.2. The Morgan fingerprint density at radius 2 is 1.81 bits per heavy atom. The van der Waals surface area contributed by atoms with E-state index in [1.54, 1.807) is 24.5 Å². The van der Waals surface area contributed by atoms with Crippen molar-refractivity contribution in [3.05, 3.63) is 41.7 Å². The number of carbonyl (C=O) groups is 2. The van der Waals surface area contributed by atoms with Crippen molar-refractivity contribution >= 4 is 11.8 Å². The van der Waals surface area contributed by atoms with Crippen LogP contribution in [0.15, 0.2) is 36.2 Å². The van der Waals surface area contributed by atoms with Gasteiger partial charge in [-0.25, -0.2) is 0 Å². The summed E-state index contributed by atoms with van der Waals surface area (Å²) in [6, 6.07) is 3.56. The van der Waals surface area contributed by atoms with E-state index in [1.165, 1.54) is 5.57 Å². The van der Waals surface area contributed by atoms with E-state index >= 15 is 0 Å². The first-order chi connectivity index (χ1) is 12.3. The van der Waals surface area contributed by atoms with Crippen LogP contribution in [0.25, 0.3) is 0 Å². The van der Waals surface area contributed by atoms with Crippen LogP contribution in [0.5, 0.6) is 0 Å². The number of nitrogens with zero attached hydrogens (tertiary/aromatic N) is 2. The summed E-state index contributed by atoms with van der Waals surface area (Å²) in [4.78, 5) is 31.1. The van der Waals surface area contributed by atoms with E-state index in [0.717, 1.165) is 12.8 Å². The van der Waals surface area contributed by atoms with Crippen LogP contribution in [0, 0.1) is 17.3 Å². The first-order valence-corrected chi connectivity index (χ1v) is 9.45. The Kier molecular flexibility index (Phi) is 5.17. The lowest BCUT2D eigenvalue weighted by Gasteiger charge is -2.33. The van der Waals surface area contributed by atoms with Gasteiger partial charge in [0.25, 0.3) is 5.91 Å². The molecule has 0 aromatic carbocycles. The van der Waals surface area contributed by atoms with E-state index in [-0.39, 0.29) is 29.2 Å². The van der Waals surface area contributed by atoms with E-state index < -0.39 is 0 Å². The van der Waals surface area contributed by atoms with Gasteiger partial charge in [0.1, 0.15) is 0 Å². The molecule has 0 bridgehead atoms. The summed E-state index contributed by atoms with van der Waals surface area (Å²) < 4.78 is 0. The average molecular weight is 355 g/mol. The van der Waals surface area contributed by atoms with Gasteiger partial charge in [0.2, 0.25) is 5.91 Å². The lowest BCUT2D eigenvalue weighted by Crippen LogP contribution is -2.47. The minimum atomic E-state index is -0.0656. The van der Waals surface area contributed by atoms with E-state index in [0.29, 0.717) is 24.6 Å². The third kappa shape index (κ3) is 3.81. The molecule has 1 N–H and O–H groups in total. The third-order valence-electron chi connectivity index (χ3n) is 5.77. The quantitative estimate of drug-likeness (QED) is 0.845. The SMILES string of the molecule is CC(C)=CC1C(C(=O)N2CCC(NC(=O)c3ccncc3)CC2)C1(C)C. The molecule has 5 heteroatoms.